The number of amides is 1. The van der Waals surface area contributed by atoms with E-state index in [9.17, 15) is 4.79 Å². The first kappa shape index (κ1) is 21.4. The fourth-order valence-electron chi connectivity index (χ4n) is 4.05. The summed E-state index contributed by atoms with van der Waals surface area (Å²) in [7, 11) is 0. The zero-order valence-corrected chi connectivity index (χ0v) is 19.5. The summed E-state index contributed by atoms with van der Waals surface area (Å²) < 4.78 is 11.0. The smallest absolute Gasteiger partial charge is 0.227 e. The minimum atomic E-state index is 0.141. The largest absolute Gasteiger partial charge is 0.489 e. The summed E-state index contributed by atoms with van der Waals surface area (Å²) >= 11 is 1.62. The Kier molecular flexibility index (Phi) is 5.95. The van der Waals surface area contributed by atoms with Crippen LogP contribution in [0.2, 0.25) is 0 Å². The molecule has 1 fully saturated rings. The van der Waals surface area contributed by atoms with Crippen molar-refractivity contribution in [1.29, 1.82) is 0 Å². The van der Waals surface area contributed by atoms with E-state index in [-0.39, 0.29) is 5.91 Å². The number of thiophene rings is 1. The third kappa shape index (κ3) is 4.54. The summed E-state index contributed by atoms with van der Waals surface area (Å²) in [5.74, 6) is 2.63. The zero-order chi connectivity index (χ0) is 22.8. The number of carbonyl (C=O) groups is 1. The molecule has 1 saturated heterocycles. The monoisotopic (exact) mass is 463 g/mol. The first-order valence-electron chi connectivity index (χ1n) is 10.9. The van der Waals surface area contributed by atoms with E-state index in [1.54, 1.807) is 17.7 Å². The standard InChI is InChI=1S/C24H25N5O3S/c1-16-21(17(2)32-27-16)14-31-19-5-3-18(4-6-19)13-22(30)28-8-10-29(11-9-28)23-20-7-12-33-24(20)26-15-25-23/h3-7,12,15H,8-11,13-14H2,1-2H3. The van der Waals surface area contributed by atoms with E-state index in [2.05, 4.69) is 26.1 Å². The number of benzene rings is 1. The van der Waals surface area contributed by atoms with E-state index in [0.29, 0.717) is 26.1 Å². The van der Waals surface area contributed by atoms with Gasteiger partial charge in [0.2, 0.25) is 5.91 Å². The molecule has 0 aliphatic carbocycles. The summed E-state index contributed by atoms with van der Waals surface area (Å²) in [5.41, 5.74) is 2.78. The van der Waals surface area contributed by atoms with E-state index < -0.39 is 0 Å². The van der Waals surface area contributed by atoms with Crippen LogP contribution in [-0.2, 0) is 17.8 Å². The van der Waals surface area contributed by atoms with Crippen LogP contribution in [0.1, 0.15) is 22.6 Å². The molecular formula is C24H25N5O3S. The van der Waals surface area contributed by atoms with Crippen molar-refractivity contribution in [2.75, 3.05) is 31.1 Å². The first-order chi connectivity index (χ1) is 16.1. The predicted octanol–water partition coefficient (Wildman–Crippen LogP) is 3.77. The number of ether oxygens (including phenoxy) is 1. The van der Waals surface area contributed by atoms with Gasteiger partial charge in [0.1, 0.15) is 35.1 Å². The Morgan fingerprint density at radius 3 is 2.61 bits per heavy atom. The van der Waals surface area contributed by atoms with Crippen LogP contribution in [0.25, 0.3) is 10.2 Å². The molecule has 170 valence electrons. The molecule has 0 atom stereocenters. The van der Waals surface area contributed by atoms with Crippen LogP contribution in [0.4, 0.5) is 5.82 Å². The molecule has 8 nitrogen and oxygen atoms in total. The maximum absolute atomic E-state index is 12.9. The topological polar surface area (TPSA) is 84.6 Å². The number of hydrogen-bond donors (Lipinski definition) is 0. The molecule has 1 aliphatic rings. The number of hydrogen-bond acceptors (Lipinski definition) is 8. The van der Waals surface area contributed by atoms with Gasteiger partial charge in [0.05, 0.1) is 23.1 Å². The molecule has 0 radical (unpaired) electrons. The number of aromatic nitrogens is 3. The number of aryl methyl sites for hydroxylation is 2. The van der Waals surface area contributed by atoms with Gasteiger partial charge in [0, 0.05) is 26.2 Å². The van der Waals surface area contributed by atoms with E-state index in [1.807, 2.05) is 48.4 Å². The third-order valence-electron chi connectivity index (χ3n) is 6.02. The van der Waals surface area contributed by atoms with Crippen molar-refractivity contribution in [3.8, 4) is 5.75 Å². The van der Waals surface area contributed by atoms with Crippen LogP contribution >= 0.6 is 11.3 Å². The Morgan fingerprint density at radius 1 is 1.09 bits per heavy atom. The number of piperazine rings is 1. The Morgan fingerprint density at radius 2 is 1.88 bits per heavy atom. The highest BCUT2D eigenvalue weighted by atomic mass is 32.1. The lowest BCUT2D eigenvalue weighted by atomic mass is 10.1. The highest BCUT2D eigenvalue weighted by molar-refractivity contribution is 7.16. The molecule has 5 rings (SSSR count). The van der Waals surface area contributed by atoms with Gasteiger partial charge >= 0.3 is 0 Å². The molecule has 1 aromatic carbocycles. The summed E-state index contributed by atoms with van der Waals surface area (Å²) in [5, 5.41) is 7.07. The molecule has 0 bridgehead atoms. The predicted molar refractivity (Wildman–Crippen MR) is 127 cm³/mol. The molecule has 0 N–H and O–H groups in total. The third-order valence-corrected chi connectivity index (χ3v) is 6.84. The minimum absolute atomic E-state index is 0.141. The molecular weight excluding hydrogens is 438 g/mol. The molecule has 1 aliphatic heterocycles. The second-order valence-corrected chi connectivity index (χ2v) is 9.01. The van der Waals surface area contributed by atoms with Crippen LogP contribution in [0.3, 0.4) is 0 Å². The van der Waals surface area contributed by atoms with Crippen LogP contribution in [0.15, 0.2) is 46.6 Å². The highest BCUT2D eigenvalue weighted by Crippen LogP contribution is 2.27. The normalized spacial score (nSPS) is 14.1. The lowest BCUT2D eigenvalue weighted by molar-refractivity contribution is -0.130. The van der Waals surface area contributed by atoms with Gasteiger partial charge in [0.15, 0.2) is 0 Å². The number of nitrogens with zero attached hydrogens (tertiary/aromatic N) is 5. The molecule has 3 aromatic heterocycles. The van der Waals surface area contributed by atoms with Gasteiger partial charge in [-0.1, -0.05) is 17.3 Å². The van der Waals surface area contributed by atoms with Crippen LogP contribution in [0.5, 0.6) is 5.75 Å². The van der Waals surface area contributed by atoms with Crippen molar-refractivity contribution in [3.63, 3.8) is 0 Å². The number of rotatable bonds is 6. The average Bonchev–Trinajstić information content (AvgIpc) is 3.45. The fraction of sp³-hybridized carbons (Fsp3) is 0.333. The summed E-state index contributed by atoms with van der Waals surface area (Å²) in [6.07, 6.45) is 2.00. The van der Waals surface area contributed by atoms with Gasteiger partial charge in [-0.3, -0.25) is 4.79 Å². The SMILES string of the molecule is Cc1noc(C)c1COc1ccc(CC(=O)N2CCN(c3ncnc4sccc34)CC2)cc1. The van der Waals surface area contributed by atoms with E-state index in [4.69, 9.17) is 9.26 Å². The highest BCUT2D eigenvalue weighted by Gasteiger charge is 2.23. The summed E-state index contributed by atoms with van der Waals surface area (Å²) in [6.45, 7) is 7.10. The van der Waals surface area contributed by atoms with Crippen molar-refractivity contribution in [2.24, 2.45) is 0 Å². The van der Waals surface area contributed by atoms with Gasteiger partial charge in [-0.15, -0.1) is 11.3 Å². The Balaban J connectivity index is 1.14. The van der Waals surface area contributed by atoms with Crippen molar-refractivity contribution in [2.45, 2.75) is 26.9 Å². The molecule has 0 unspecified atom stereocenters. The van der Waals surface area contributed by atoms with Gasteiger partial charge in [0.25, 0.3) is 0 Å². The summed E-state index contributed by atoms with van der Waals surface area (Å²) in [4.78, 5) is 26.8. The molecule has 0 spiro atoms. The lowest BCUT2D eigenvalue weighted by Crippen LogP contribution is -2.49. The second kappa shape index (κ2) is 9.19. The quantitative estimate of drug-likeness (QED) is 0.430. The van der Waals surface area contributed by atoms with Gasteiger partial charge < -0.3 is 19.1 Å². The van der Waals surface area contributed by atoms with E-state index >= 15 is 0 Å². The van der Waals surface area contributed by atoms with Crippen molar-refractivity contribution in [3.05, 3.63) is 64.6 Å². The minimum Gasteiger partial charge on any atom is -0.489 e. The number of anilines is 1. The molecule has 0 saturated carbocycles. The molecule has 4 heterocycles. The first-order valence-corrected chi connectivity index (χ1v) is 11.8. The van der Waals surface area contributed by atoms with Crippen molar-refractivity contribution < 1.29 is 14.1 Å². The fourth-order valence-corrected chi connectivity index (χ4v) is 4.78. The van der Waals surface area contributed by atoms with Gasteiger partial charge in [-0.25, -0.2) is 9.97 Å². The molecule has 1 amide bonds. The number of carbonyl (C=O) groups excluding carboxylic acids is 1. The maximum Gasteiger partial charge on any atom is 0.227 e. The molecule has 9 heteroatoms. The summed E-state index contributed by atoms with van der Waals surface area (Å²) in [6, 6.07) is 9.77. The number of fused-ring (bicyclic) bond motifs is 1. The van der Waals surface area contributed by atoms with Crippen molar-refractivity contribution in [1.82, 2.24) is 20.0 Å². The Labute approximate surface area is 195 Å². The van der Waals surface area contributed by atoms with Crippen LogP contribution in [0, 0.1) is 13.8 Å². The van der Waals surface area contributed by atoms with Crippen LogP contribution < -0.4 is 9.64 Å². The van der Waals surface area contributed by atoms with Gasteiger partial charge in [-0.05, 0) is 43.0 Å². The van der Waals surface area contributed by atoms with Crippen molar-refractivity contribution >= 4 is 33.3 Å². The average molecular weight is 464 g/mol. The molecule has 33 heavy (non-hydrogen) atoms. The van der Waals surface area contributed by atoms with E-state index in [0.717, 1.165) is 57.5 Å². The van der Waals surface area contributed by atoms with Gasteiger partial charge in [-0.2, -0.15) is 0 Å². The zero-order valence-electron chi connectivity index (χ0n) is 18.7. The Hall–Kier alpha value is -3.46. The Bertz CT molecular complexity index is 1240. The lowest BCUT2D eigenvalue weighted by Gasteiger charge is -2.35. The second-order valence-electron chi connectivity index (χ2n) is 8.12. The maximum atomic E-state index is 12.9. The van der Waals surface area contributed by atoms with Crippen LogP contribution in [-0.4, -0.2) is 52.1 Å². The molecule has 4 aromatic rings. The van der Waals surface area contributed by atoms with E-state index in [1.165, 1.54) is 0 Å².